The average molecular weight is 249 g/mol. The Morgan fingerprint density at radius 1 is 1.47 bits per heavy atom. The van der Waals surface area contributed by atoms with Crippen LogP contribution in [0.25, 0.3) is 0 Å². The zero-order valence-corrected chi connectivity index (χ0v) is 10.7. The van der Waals surface area contributed by atoms with Crippen molar-refractivity contribution in [1.29, 1.82) is 0 Å². The van der Waals surface area contributed by atoms with Crippen LogP contribution >= 0.6 is 23.5 Å². The van der Waals surface area contributed by atoms with Gasteiger partial charge in [-0.3, -0.25) is 10.1 Å². The van der Waals surface area contributed by atoms with Gasteiger partial charge in [0, 0.05) is 29.1 Å². The second-order valence-electron chi connectivity index (χ2n) is 3.69. The van der Waals surface area contributed by atoms with Gasteiger partial charge in [0.05, 0.1) is 0 Å². The zero-order valence-electron chi connectivity index (χ0n) is 9.07. The van der Waals surface area contributed by atoms with Gasteiger partial charge in [0.1, 0.15) is 6.04 Å². The van der Waals surface area contributed by atoms with E-state index in [2.05, 4.69) is 5.32 Å². The van der Waals surface area contributed by atoms with E-state index in [1.165, 1.54) is 11.5 Å². The number of aliphatic carboxylic acids is 1. The van der Waals surface area contributed by atoms with Crippen LogP contribution in [0.2, 0.25) is 0 Å². The van der Waals surface area contributed by atoms with Crippen molar-refractivity contribution in [1.82, 2.24) is 5.32 Å². The Labute approximate surface area is 99.8 Å². The van der Waals surface area contributed by atoms with Crippen molar-refractivity contribution in [2.75, 3.05) is 23.0 Å². The highest BCUT2D eigenvalue weighted by Gasteiger charge is 2.21. The third-order valence-corrected chi connectivity index (χ3v) is 4.84. The highest BCUT2D eigenvalue weighted by Crippen LogP contribution is 2.17. The molecule has 15 heavy (non-hydrogen) atoms. The lowest BCUT2D eigenvalue weighted by molar-refractivity contribution is -0.139. The molecule has 0 aromatic rings. The lowest BCUT2D eigenvalue weighted by Crippen LogP contribution is -2.45. The standard InChI is InChI=1S/C10H19NO2S2/c1-2-3-9(10(12)13)11-8-6-14-4-5-15-7-8/h8-9,11H,2-7H2,1H3,(H,12,13)/t9-/m1/s1. The fourth-order valence-corrected chi connectivity index (χ4v) is 3.99. The Morgan fingerprint density at radius 2 is 2.07 bits per heavy atom. The van der Waals surface area contributed by atoms with Crippen LogP contribution in [-0.2, 0) is 4.79 Å². The van der Waals surface area contributed by atoms with Crippen molar-refractivity contribution in [2.24, 2.45) is 0 Å². The number of nitrogens with one attached hydrogen (secondary N) is 1. The molecule has 1 rings (SSSR count). The topological polar surface area (TPSA) is 49.3 Å². The Bertz CT molecular complexity index is 194. The molecule has 1 aliphatic heterocycles. The molecule has 5 heteroatoms. The van der Waals surface area contributed by atoms with Gasteiger partial charge in [-0.25, -0.2) is 0 Å². The highest BCUT2D eigenvalue weighted by atomic mass is 32.2. The smallest absolute Gasteiger partial charge is 0.320 e. The van der Waals surface area contributed by atoms with Gasteiger partial charge in [0.2, 0.25) is 0 Å². The maximum absolute atomic E-state index is 11.0. The first kappa shape index (κ1) is 13.2. The van der Waals surface area contributed by atoms with Gasteiger partial charge in [-0.1, -0.05) is 13.3 Å². The molecule has 0 unspecified atom stereocenters. The third-order valence-electron chi connectivity index (χ3n) is 2.32. The lowest BCUT2D eigenvalue weighted by Gasteiger charge is -2.20. The summed E-state index contributed by atoms with van der Waals surface area (Å²) in [5, 5.41) is 12.3. The van der Waals surface area contributed by atoms with Crippen molar-refractivity contribution in [3.05, 3.63) is 0 Å². The summed E-state index contributed by atoms with van der Waals surface area (Å²) in [6.07, 6.45) is 1.64. The molecule has 0 aliphatic carbocycles. The summed E-state index contributed by atoms with van der Waals surface area (Å²) >= 11 is 3.84. The van der Waals surface area contributed by atoms with E-state index in [0.717, 1.165) is 24.3 Å². The SMILES string of the molecule is CCC[C@@H](NC1CSCCSC1)C(=O)O. The van der Waals surface area contributed by atoms with Crippen LogP contribution < -0.4 is 5.32 Å². The van der Waals surface area contributed by atoms with Crippen molar-refractivity contribution in [3.8, 4) is 0 Å². The Kier molecular flexibility index (Phi) is 6.52. The Balaban J connectivity index is 2.37. The van der Waals surface area contributed by atoms with Crippen LogP contribution in [0.15, 0.2) is 0 Å². The fourth-order valence-electron chi connectivity index (χ4n) is 1.56. The molecule has 0 saturated carbocycles. The molecule has 88 valence electrons. The predicted molar refractivity (Wildman–Crippen MR) is 67.9 cm³/mol. The minimum atomic E-state index is -0.712. The van der Waals surface area contributed by atoms with Gasteiger partial charge in [0.25, 0.3) is 0 Å². The lowest BCUT2D eigenvalue weighted by atomic mass is 10.1. The second kappa shape index (κ2) is 7.41. The molecule has 0 aromatic heterocycles. The van der Waals surface area contributed by atoms with Crippen LogP contribution in [-0.4, -0.2) is 46.2 Å². The zero-order chi connectivity index (χ0) is 11.1. The summed E-state index contributed by atoms with van der Waals surface area (Å²) in [6, 6.07) is -0.00514. The van der Waals surface area contributed by atoms with Crippen molar-refractivity contribution < 1.29 is 9.90 Å². The van der Waals surface area contributed by atoms with Crippen molar-refractivity contribution in [2.45, 2.75) is 31.8 Å². The minimum Gasteiger partial charge on any atom is -0.480 e. The summed E-state index contributed by atoms with van der Waals surface area (Å²) in [6.45, 7) is 2.02. The number of carbonyl (C=O) groups is 1. The molecule has 1 fully saturated rings. The molecule has 0 aromatic carbocycles. The van der Waals surface area contributed by atoms with Crippen LogP contribution in [0.5, 0.6) is 0 Å². The summed E-state index contributed by atoms with van der Waals surface area (Å²) < 4.78 is 0. The third kappa shape index (κ3) is 5.13. The Hall–Kier alpha value is 0.130. The molecule has 3 nitrogen and oxygen atoms in total. The molecule has 1 aliphatic rings. The number of thioether (sulfide) groups is 2. The molecule has 0 spiro atoms. The molecule has 1 atom stereocenters. The van der Waals surface area contributed by atoms with E-state index in [1.54, 1.807) is 0 Å². The fraction of sp³-hybridized carbons (Fsp3) is 0.900. The first-order chi connectivity index (χ1) is 7.24. The molecule has 1 saturated heterocycles. The van der Waals surface area contributed by atoms with Crippen LogP contribution in [0.4, 0.5) is 0 Å². The maximum atomic E-state index is 11.0. The van der Waals surface area contributed by atoms with Crippen LogP contribution in [0.3, 0.4) is 0 Å². The van der Waals surface area contributed by atoms with Crippen molar-refractivity contribution >= 4 is 29.5 Å². The quantitative estimate of drug-likeness (QED) is 0.776. The molecule has 0 radical (unpaired) electrons. The summed E-state index contributed by atoms with van der Waals surface area (Å²) in [5.41, 5.74) is 0. The largest absolute Gasteiger partial charge is 0.480 e. The molecule has 0 bridgehead atoms. The summed E-state index contributed by atoms with van der Waals surface area (Å²) in [4.78, 5) is 11.0. The number of carboxylic acids is 1. The first-order valence-electron chi connectivity index (χ1n) is 5.38. The van der Waals surface area contributed by atoms with Gasteiger partial charge in [-0.05, 0) is 6.42 Å². The minimum absolute atomic E-state index is 0.357. The van der Waals surface area contributed by atoms with E-state index in [-0.39, 0.29) is 6.04 Å². The number of carboxylic acid groups (broad SMARTS) is 1. The van der Waals surface area contributed by atoms with Gasteiger partial charge in [0.15, 0.2) is 0 Å². The van der Waals surface area contributed by atoms with Crippen molar-refractivity contribution in [3.63, 3.8) is 0 Å². The second-order valence-corrected chi connectivity index (χ2v) is 5.99. The monoisotopic (exact) mass is 249 g/mol. The van der Waals surface area contributed by atoms with E-state index in [1.807, 2.05) is 30.4 Å². The molecule has 2 N–H and O–H groups in total. The molecule has 0 amide bonds. The molecular weight excluding hydrogens is 230 g/mol. The van der Waals surface area contributed by atoms with Gasteiger partial charge >= 0.3 is 5.97 Å². The Morgan fingerprint density at radius 3 is 2.53 bits per heavy atom. The number of hydrogen-bond donors (Lipinski definition) is 2. The van der Waals surface area contributed by atoms with Gasteiger partial charge < -0.3 is 5.11 Å². The van der Waals surface area contributed by atoms with Gasteiger partial charge in [-0.2, -0.15) is 23.5 Å². The molecule has 1 heterocycles. The summed E-state index contributed by atoms with van der Waals surface area (Å²) in [7, 11) is 0. The van der Waals surface area contributed by atoms with Crippen LogP contribution in [0, 0.1) is 0 Å². The van der Waals surface area contributed by atoms with Gasteiger partial charge in [-0.15, -0.1) is 0 Å². The number of rotatable bonds is 5. The first-order valence-corrected chi connectivity index (χ1v) is 7.69. The predicted octanol–water partition coefficient (Wildman–Crippen LogP) is 1.68. The number of hydrogen-bond acceptors (Lipinski definition) is 4. The van der Waals surface area contributed by atoms with E-state index < -0.39 is 5.97 Å². The van der Waals surface area contributed by atoms with Crippen LogP contribution in [0.1, 0.15) is 19.8 Å². The van der Waals surface area contributed by atoms with E-state index in [0.29, 0.717) is 6.04 Å². The average Bonchev–Trinajstić information content (AvgIpc) is 2.45. The van der Waals surface area contributed by atoms with E-state index >= 15 is 0 Å². The summed E-state index contributed by atoms with van der Waals surface area (Å²) in [5.74, 6) is 3.75. The van der Waals surface area contributed by atoms with E-state index in [9.17, 15) is 4.79 Å². The maximum Gasteiger partial charge on any atom is 0.320 e. The normalized spacial score (nSPS) is 20.9. The highest BCUT2D eigenvalue weighted by molar-refractivity contribution is 8.03. The molecular formula is C10H19NO2S2. The van der Waals surface area contributed by atoms with E-state index in [4.69, 9.17) is 5.11 Å².